The second kappa shape index (κ2) is 11.9. The number of esters is 1. The lowest BCUT2D eigenvalue weighted by Crippen LogP contribution is -2.46. The molecular formula is C24H32N4O3. The number of pyridine rings is 1. The highest BCUT2D eigenvalue weighted by molar-refractivity contribution is 5.80. The van der Waals surface area contributed by atoms with E-state index in [1.54, 1.807) is 6.20 Å². The second-order valence-corrected chi connectivity index (χ2v) is 7.46. The molecule has 2 aromatic rings. The number of carbonyl (C=O) groups excluding carboxylic acids is 1. The molecule has 1 aliphatic heterocycles. The molecule has 1 saturated heterocycles. The van der Waals surface area contributed by atoms with E-state index in [2.05, 4.69) is 22.1 Å². The molecule has 0 amide bonds. The standard InChI is InChI=1S/C24H32N4O3/c1-3-25-24(28-14-11-21(12-15-28)23(29)30-4-2)27-17-20-10-13-26-22(16-20)31-18-19-8-6-5-7-9-19/h5-10,13,16,21H,3-4,11-12,14-15,17-18H2,1-2H3,(H,25,27). The number of likely N-dealkylation sites (tertiary alicyclic amines) is 1. The first kappa shape index (κ1) is 22.6. The van der Waals surface area contributed by atoms with E-state index >= 15 is 0 Å². The van der Waals surface area contributed by atoms with Gasteiger partial charge in [0.05, 0.1) is 19.1 Å². The number of hydrogen-bond acceptors (Lipinski definition) is 5. The lowest BCUT2D eigenvalue weighted by Gasteiger charge is -2.33. The molecule has 2 heterocycles. The average Bonchev–Trinajstić information content (AvgIpc) is 2.82. The monoisotopic (exact) mass is 424 g/mol. The number of carbonyl (C=O) groups is 1. The summed E-state index contributed by atoms with van der Waals surface area (Å²) in [7, 11) is 0. The van der Waals surface area contributed by atoms with E-state index in [0.717, 1.165) is 49.6 Å². The van der Waals surface area contributed by atoms with Gasteiger partial charge in [0.2, 0.25) is 5.88 Å². The van der Waals surface area contributed by atoms with Gasteiger partial charge in [0.15, 0.2) is 5.96 Å². The topological polar surface area (TPSA) is 76.1 Å². The number of guanidine groups is 1. The van der Waals surface area contributed by atoms with E-state index in [-0.39, 0.29) is 11.9 Å². The first-order valence-corrected chi connectivity index (χ1v) is 11.0. The van der Waals surface area contributed by atoms with Crippen LogP contribution in [0.15, 0.2) is 53.7 Å². The van der Waals surface area contributed by atoms with Gasteiger partial charge in [-0.2, -0.15) is 0 Å². The molecule has 1 N–H and O–H groups in total. The summed E-state index contributed by atoms with van der Waals surface area (Å²) < 4.78 is 11.0. The second-order valence-electron chi connectivity index (χ2n) is 7.46. The molecule has 1 aliphatic rings. The molecule has 0 saturated carbocycles. The van der Waals surface area contributed by atoms with Crippen molar-refractivity contribution in [3.8, 4) is 5.88 Å². The van der Waals surface area contributed by atoms with Crippen LogP contribution in [0, 0.1) is 5.92 Å². The van der Waals surface area contributed by atoms with Crippen LogP contribution in [0.4, 0.5) is 0 Å². The van der Waals surface area contributed by atoms with Crippen LogP contribution in [0.5, 0.6) is 5.88 Å². The van der Waals surface area contributed by atoms with Gasteiger partial charge in [0.25, 0.3) is 0 Å². The molecule has 0 unspecified atom stereocenters. The predicted molar refractivity (Wildman–Crippen MR) is 121 cm³/mol. The number of aliphatic imine (C=N–C) groups is 1. The van der Waals surface area contributed by atoms with Crippen LogP contribution in [-0.2, 0) is 22.7 Å². The number of rotatable bonds is 8. The van der Waals surface area contributed by atoms with Crippen LogP contribution < -0.4 is 10.1 Å². The molecule has 0 bridgehead atoms. The SMILES string of the molecule is CCNC(=NCc1ccnc(OCc2ccccc2)c1)N1CCC(C(=O)OCC)CC1. The van der Waals surface area contributed by atoms with Gasteiger partial charge in [0.1, 0.15) is 6.61 Å². The maximum atomic E-state index is 12.0. The predicted octanol–water partition coefficient (Wildman–Crippen LogP) is 3.40. The van der Waals surface area contributed by atoms with E-state index in [1.165, 1.54) is 0 Å². The third-order valence-corrected chi connectivity index (χ3v) is 5.19. The smallest absolute Gasteiger partial charge is 0.309 e. The van der Waals surface area contributed by atoms with Gasteiger partial charge < -0.3 is 19.7 Å². The Labute approximate surface area is 184 Å². The lowest BCUT2D eigenvalue weighted by atomic mass is 9.97. The van der Waals surface area contributed by atoms with Crippen molar-refractivity contribution in [2.75, 3.05) is 26.2 Å². The van der Waals surface area contributed by atoms with E-state index in [0.29, 0.717) is 25.6 Å². The number of benzene rings is 1. The van der Waals surface area contributed by atoms with Gasteiger partial charge in [-0.15, -0.1) is 0 Å². The van der Waals surface area contributed by atoms with Gasteiger partial charge in [-0.1, -0.05) is 30.3 Å². The fourth-order valence-corrected chi connectivity index (χ4v) is 3.54. The first-order chi connectivity index (χ1) is 15.2. The van der Waals surface area contributed by atoms with Crippen molar-refractivity contribution >= 4 is 11.9 Å². The van der Waals surface area contributed by atoms with Crippen LogP contribution in [0.2, 0.25) is 0 Å². The van der Waals surface area contributed by atoms with Crippen LogP contribution in [0.1, 0.15) is 37.8 Å². The molecule has 1 aromatic carbocycles. The van der Waals surface area contributed by atoms with E-state index in [4.69, 9.17) is 14.5 Å². The van der Waals surface area contributed by atoms with Crippen LogP contribution >= 0.6 is 0 Å². The summed E-state index contributed by atoms with van der Waals surface area (Å²) in [6.07, 6.45) is 3.33. The Bertz CT molecular complexity index is 849. The highest BCUT2D eigenvalue weighted by Gasteiger charge is 2.27. The minimum atomic E-state index is -0.0797. The van der Waals surface area contributed by atoms with Crippen molar-refractivity contribution in [1.29, 1.82) is 0 Å². The van der Waals surface area contributed by atoms with Crippen LogP contribution in [0.25, 0.3) is 0 Å². The van der Waals surface area contributed by atoms with Crippen molar-refractivity contribution in [1.82, 2.24) is 15.2 Å². The number of aromatic nitrogens is 1. The fourth-order valence-electron chi connectivity index (χ4n) is 3.54. The molecule has 31 heavy (non-hydrogen) atoms. The van der Waals surface area contributed by atoms with Crippen molar-refractivity contribution in [3.63, 3.8) is 0 Å². The van der Waals surface area contributed by atoms with E-state index in [9.17, 15) is 4.79 Å². The summed E-state index contributed by atoms with van der Waals surface area (Å²) in [5.74, 6) is 1.37. The van der Waals surface area contributed by atoms with Gasteiger partial charge in [-0.25, -0.2) is 9.98 Å². The highest BCUT2D eigenvalue weighted by atomic mass is 16.5. The molecular weight excluding hydrogens is 392 g/mol. The summed E-state index contributed by atoms with van der Waals surface area (Å²) in [4.78, 5) is 23.3. The normalized spacial score (nSPS) is 14.9. The Morgan fingerprint density at radius 2 is 1.94 bits per heavy atom. The summed E-state index contributed by atoms with van der Waals surface area (Å²) in [5, 5.41) is 3.37. The molecule has 0 atom stereocenters. The van der Waals surface area contributed by atoms with Crippen LogP contribution in [0.3, 0.4) is 0 Å². The Kier molecular flexibility index (Phi) is 8.70. The summed E-state index contributed by atoms with van der Waals surface area (Å²) in [5.41, 5.74) is 2.14. The summed E-state index contributed by atoms with van der Waals surface area (Å²) >= 11 is 0. The quantitative estimate of drug-likeness (QED) is 0.398. The number of ether oxygens (including phenoxy) is 2. The zero-order valence-electron chi connectivity index (χ0n) is 18.4. The van der Waals surface area contributed by atoms with Crippen molar-refractivity contribution in [2.24, 2.45) is 10.9 Å². The molecule has 1 fully saturated rings. The minimum Gasteiger partial charge on any atom is -0.473 e. The highest BCUT2D eigenvalue weighted by Crippen LogP contribution is 2.19. The fraction of sp³-hybridized carbons (Fsp3) is 0.458. The molecule has 1 aromatic heterocycles. The number of nitrogens with one attached hydrogen (secondary N) is 1. The van der Waals surface area contributed by atoms with Crippen LogP contribution in [-0.4, -0.2) is 48.1 Å². The number of hydrogen-bond donors (Lipinski definition) is 1. The Balaban J connectivity index is 1.57. The van der Waals surface area contributed by atoms with Crippen molar-refractivity contribution in [3.05, 3.63) is 59.8 Å². The molecule has 0 aliphatic carbocycles. The third-order valence-electron chi connectivity index (χ3n) is 5.19. The first-order valence-electron chi connectivity index (χ1n) is 11.0. The Morgan fingerprint density at radius 3 is 2.65 bits per heavy atom. The van der Waals surface area contributed by atoms with Gasteiger partial charge >= 0.3 is 5.97 Å². The maximum Gasteiger partial charge on any atom is 0.309 e. The van der Waals surface area contributed by atoms with Gasteiger partial charge in [-0.05, 0) is 43.9 Å². The minimum absolute atomic E-state index is 0.0106. The number of piperidine rings is 1. The molecule has 7 nitrogen and oxygen atoms in total. The number of nitrogens with zero attached hydrogens (tertiary/aromatic N) is 3. The molecule has 0 spiro atoms. The zero-order valence-corrected chi connectivity index (χ0v) is 18.4. The van der Waals surface area contributed by atoms with Crippen molar-refractivity contribution in [2.45, 2.75) is 39.8 Å². The summed E-state index contributed by atoms with van der Waals surface area (Å²) in [6.45, 7) is 7.73. The zero-order chi connectivity index (χ0) is 21.9. The Hall–Kier alpha value is -3.09. The van der Waals surface area contributed by atoms with E-state index in [1.807, 2.05) is 49.4 Å². The average molecular weight is 425 g/mol. The molecule has 0 radical (unpaired) electrons. The summed E-state index contributed by atoms with van der Waals surface area (Å²) in [6, 6.07) is 13.9. The largest absolute Gasteiger partial charge is 0.473 e. The third kappa shape index (κ3) is 6.98. The molecule has 7 heteroatoms. The van der Waals surface area contributed by atoms with Gasteiger partial charge in [0, 0.05) is 31.9 Å². The molecule has 166 valence electrons. The molecule has 3 rings (SSSR count). The van der Waals surface area contributed by atoms with Crippen molar-refractivity contribution < 1.29 is 14.3 Å². The lowest BCUT2D eigenvalue weighted by molar-refractivity contribution is -0.149. The Morgan fingerprint density at radius 1 is 1.16 bits per heavy atom. The maximum absolute atomic E-state index is 12.0. The van der Waals surface area contributed by atoms with E-state index < -0.39 is 0 Å². The van der Waals surface area contributed by atoms with Gasteiger partial charge in [-0.3, -0.25) is 4.79 Å².